The molecule has 0 N–H and O–H groups in total. The highest BCUT2D eigenvalue weighted by atomic mass is 32.2. The van der Waals surface area contributed by atoms with Crippen LogP contribution in [0.2, 0.25) is 0 Å². The quantitative estimate of drug-likeness (QED) is 0.321. The standard InChI is InChI=1S/C20H17NO2S2/c1-24-19-9-5-16(6-10-19)20(22)11-4-15-2-7-18(8-3-15)23-12-17-13-25-14-21-17/h2-11,13-14H,12H2,1H3/b11-4+. The predicted octanol–water partition coefficient (Wildman–Crippen LogP) is 5.34. The van der Waals surface area contributed by atoms with E-state index in [-0.39, 0.29) is 5.78 Å². The molecule has 5 heteroatoms. The Hall–Kier alpha value is -2.37. The fourth-order valence-electron chi connectivity index (χ4n) is 2.16. The SMILES string of the molecule is CSc1ccc(C(=O)/C=C/c2ccc(OCc3cscn3)cc2)cc1. The monoisotopic (exact) mass is 367 g/mol. The summed E-state index contributed by atoms with van der Waals surface area (Å²) in [6.07, 6.45) is 5.43. The van der Waals surface area contributed by atoms with E-state index in [1.54, 1.807) is 34.7 Å². The molecule has 0 spiro atoms. The molecule has 3 nitrogen and oxygen atoms in total. The van der Waals surface area contributed by atoms with E-state index in [0.717, 1.165) is 21.9 Å². The summed E-state index contributed by atoms with van der Waals surface area (Å²) in [4.78, 5) is 17.5. The smallest absolute Gasteiger partial charge is 0.185 e. The molecule has 0 atom stereocenters. The number of ketones is 1. The summed E-state index contributed by atoms with van der Waals surface area (Å²) < 4.78 is 5.67. The minimum Gasteiger partial charge on any atom is -0.487 e. The van der Waals surface area contributed by atoms with E-state index in [1.165, 1.54) is 0 Å². The summed E-state index contributed by atoms with van der Waals surface area (Å²) >= 11 is 3.21. The number of thioether (sulfide) groups is 1. The first-order valence-electron chi connectivity index (χ1n) is 7.71. The minimum atomic E-state index is -0.00323. The third-order valence-electron chi connectivity index (χ3n) is 3.55. The van der Waals surface area contributed by atoms with E-state index in [4.69, 9.17) is 4.74 Å². The van der Waals surface area contributed by atoms with Gasteiger partial charge in [-0.05, 0) is 54.3 Å². The molecule has 3 rings (SSSR count). The number of carbonyl (C=O) groups is 1. The van der Waals surface area contributed by atoms with Crippen LogP contribution in [0.4, 0.5) is 0 Å². The Morgan fingerprint density at radius 2 is 1.92 bits per heavy atom. The van der Waals surface area contributed by atoms with Crippen LogP contribution in [-0.4, -0.2) is 17.0 Å². The normalized spacial score (nSPS) is 10.9. The van der Waals surface area contributed by atoms with Gasteiger partial charge in [-0.25, -0.2) is 4.98 Å². The summed E-state index contributed by atoms with van der Waals surface area (Å²) in [7, 11) is 0. The zero-order chi connectivity index (χ0) is 17.5. The maximum absolute atomic E-state index is 12.2. The topological polar surface area (TPSA) is 39.2 Å². The van der Waals surface area contributed by atoms with Crippen molar-refractivity contribution in [1.29, 1.82) is 0 Å². The van der Waals surface area contributed by atoms with Crippen LogP contribution in [0.1, 0.15) is 21.6 Å². The number of hydrogen-bond donors (Lipinski definition) is 0. The highest BCUT2D eigenvalue weighted by molar-refractivity contribution is 7.98. The lowest BCUT2D eigenvalue weighted by Gasteiger charge is -2.04. The minimum absolute atomic E-state index is 0.00323. The lowest BCUT2D eigenvalue weighted by molar-refractivity contribution is 0.104. The second-order valence-electron chi connectivity index (χ2n) is 5.26. The van der Waals surface area contributed by atoms with Crippen LogP contribution < -0.4 is 4.74 Å². The van der Waals surface area contributed by atoms with Gasteiger partial charge in [-0.1, -0.05) is 18.2 Å². The second kappa shape index (κ2) is 8.65. The average molecular weight is 367 g/mol. The van der Waals surface area contributed by atoms with Crippen molar-refractivity contribution in [1.82, 2.24) is 4.98 Å². The van der Waals surface area contributed by atoms with E-state index in [0.29, 0.717) is 12.2 Å². The summed E-state index contributed by atoms with van der Waals surface area (Å²) in [5.74, 6) is 0.778. The number of benzene rings is 2. The molecule has 0 fully saturated rings. The van der Waals surface area contributed by atoms with Crippen molar-refractivity contribution in [2.24, 2.45) is 0 Å². The average Bonchev–Trinajstić information content (AvgIpc) is 3.19. The van der Waals surface area contributed by atoms with Gasteiger partial charge in [0.05, 0.1) is 11.2 Å². The summed E-state index contributed by atoms with van der Waals surface area (Å²) in [5, 5.41) is 1.97. The summed E-state index contributed by atoms with van der Waals surface area (Å²) in [6.45, 7) is 0.462. The predicted molar refractivity (Wildman–Crippen MR) is 104 cm³/mol. The number of carbonyl (C=O) groups excluding carboxylic acids is 1. The zero-order valence-electron chi connectivity index (χ0n) is 13.7. The van der Waals surface area contributed by atoms with E-state index in [9.17, 15) is 4.79 Å². The number of nitrogens with zero attached hydrogens (tertiary/aromatic N) is 1. The summed E-state index contributed by atoms with van der Waals surface area (Å²) in [6, 6.07) is 15.3. The molecular formula is C20H17NO2S2. The van der Waals surface area contributed by atoms with Gasteiger partial charge < -0.3 is 4.74 Å². The molecule has 126 valence electrons. The molecule has 25 heavy (non-hydrogen) atoms. The van der Waals surface area contributed by atoms with E-state index < -0.39 is 0 Å². The van der Waals surface area contributed by atoms with Crippen LogP contribution in [0.3, 0.4) is 0 Å². The van der Waals surface area contributed by atoms with E-state index in [2.05, 4.69) is 4.98 Å². The number of thiazole rings is 1. The van der Waals surface area contributed by atoms with Gasteiger partial charge in [0.25, 0.3) is 0 Å². The Kier molecular flexibility index (Phi) is 6.04. The van der Waals surface area contributed by atoms with Crippen molar-refractivity contribution >= 4 is 35.0 Å². The largest absolute Gasteiger partial charge is 0.487 e. The molecule has 0 aliphatic heterocycles. The Labute approximate surface area is 155 Å². The summed E-state index contributed by atoms with van der Waals surface area (Å²) in [5.41, 5.74) is 4.36. The molecular weight excluding hydrogens is 350 g/mol. The van der Waals surface area contributed by atoms with Crippen LogP contribution in [0.25, 0.3) is 6.08 Å². The molecule has 0 amide bonds. The fourth-order valence-corrected chi connectivity index (χ4v) is 3.12. The molecule has 0 aliphatic rings. The lowest BCUT2D eigenvalue weighted by Crippen LogP contribution is -1.95. The molecule has 1 aromatic heterocycles. The number of rotatable bonds is 7. The number of hydrogen-bond acceptors (Lipinski definition) is 5. The van der Waals surface area contributed by atoms with Gasteiger partial charge in [0.15, 0.2) is 5.78 Å². The van der Waals surface area contributed by atoms with Gasteiger partial charge in [-0.3, -0.25) is 4.79 Å². The van der Waals surface area contributed by atoms with Gasteiger partial charge >= 0.3 is 0 Å². The number of aromatic nitrogens is 1. The van der Waals surface area contributed by atoms with Gasteiger partial charge in [0.2, 0.25) is 0 Å². The number of ether oxygens (including phenoxy) is 1. The molecule has 3 aromatic rings. The van der Waals surface area contributed by atoms with E-state index >= 15 is 0 Å². The first kappa shape index (κ1) is 17.5. The van der Waals surface area contributed by atoms with Crippen molar-refractivity contribution in [3.05, 3.63) is 82.3 Å². The first-order chi connectivity index (χ1) is 12.2. The van der Waals surface area contributed by atoms with Crippen molar-refractivity contribution in [3.8, 4) is 5.75 Å². The Bertz CT molecular complexity index is 838. The van der Waals surface area contributed by atoms with Crippen LogP contribution in [0.15, 0.2) is 70.4 Å². The van der Waals surface area contributed by atoms with Crippen LogP contribution in [-0.2, 0) is 6.61 Å². The first-order valence-corrected chi connectivity index (χ1v) is 9.88. The second-order valence-corrected chi connectivity index (χ2v) is 6.86. The van der Waals surface area contributed by atoms with Gasteiger partial charge in [-0.2, -0.15) is 0 Å². The lowest BCUT2D eigenvalue weighted by atomic mass is 10.1. The van der Waals surface area contributed by atoms with Gasteiger partial charge in [-0.15, -0.1) is 23.1 Å². The molecule has 0 saturated carbocycles. The molecule has 0 aliphatic carbocycles. The fraction of sp³-hybridized carbons (Fsp3) is 0.100. The Morgan fingerprint density at radius 1 is 1.16 bits per heavy atom. The maximum Gasteiger partial charge on any atom is 0.185 e. The molecule has 2 aromatic carbocycles. The highest BCUT2D eigenvalue weighted by Crippen LogP contribution is 2.17. The Balaban J connectivity index is 1.58. The van der Waals surface area contributed by atoms with Gasteiger partial charge in [0, 0.05) is 15.8 Å². The molecule has 0 unspecified atom stereocenters. The van der Waals surface area contributed by atoms with Crippen molar-refractivity contribution in [2.45, 2.75) is 11.5 Å². The number of allylic oxidation sites excluding steroid dienone is 1. The molecule has 0 saturated heterocycles. The maximum atomic E-state index is 12.2. The molecule has 0 radical (unpaired) electrons. The van der Waals surface area contributed by atoms with Crippen LogP contribution in [0, 0.1) is 0 Å². The Morgan fingerprint density at radius 3 is 2.56 bits per heavy atom. The zero-order valence-corrected chi connectivity index (χ0v) is 15.3. The molecule has 1 heterocycles. The highest BCUT2D eigenvalue weighted by Gasteiger charge is 2.02. The van der Waals surface area contributed by atoms with Crippen LogP contribution >= 0.6 is 23.1 Å². The van der Waals surface area contributed by atoms with Crippen molar-refractivity contribution < 1.29 is 9.53 Å². The van der Waals surface area contributed by atoms with Crippen molar-refractivity contribution in [2.75, 3.05) is 6.26 Å². The third kappa shape index (κ3) is 5.05. The van der Waals surface area contributed by atoms with Gasteiger partial charge in [0.1, 0.15) is 12.4 Å². The molecule has 0 bridgehead atoms. The third-order valence-corrected chi connectivity index (χ3v) is 4.93. The van der Waals surface area contributed by atoms with E-state index in [1.807, 2.05) is 66.2 Å². The van der Waals surface area contributed by atoms with Crippen molar-refractivity contribution in [3.63, 3.8) is 0 Å². The van der Waals surface area contributed by atoms with Crippen LogP contribution in [0.5, 0.6) is 5.75 Å².